The molecule has 9 nitrogen and oxygen atoms in total. The van der Waals surface area contributed by atoms with Gasteiger partial charge in [-0.25, -0.2) is 14.5 Å². The van der Waals surface area contributed by atoms with Gasteiger partial charge >= 0.3 is 12.1 Å². The summed E-state index contributed by atoms with van der Waals surface area (Å²) in [6.45, 7) is 11.0. The van der Waals surface area contributed by atoms with Gasteiger partial charge < -0.3 is 19.7 Å². The molecule has 1 heterocycles. The van der Waals surface area contributed by atoms with Crippen LogP contribution >= 0.6 is 0 Å². The third kappa shape index (κ3) is 7.24. The molecule has 3 rings (SSSR count). The first-order valence-electron chi connectivity index (χ1n) is 15.0. The van der Waals surface area contributed by atoms with Crippen LogP contribution in [-0.2, 0) is 9.53 Å². The smallest absolute Gasteiger partial charge is 0.409 e. The van der Waals surface area contributed by atoms with E-state index in [1.165, 1.54) is 9.80 Å². The van der Waals surface area contributed by atoms with Crippen molar-refractivity contribution in [3.05, 3.63) is 65.2 Å². The van der Waals surface area contributed by atoms with Crippen molar-refractivity contribution in [1.29, 1.82) is 0 Å². The normalized spacial score (nSPS) is 17.3. The third-order valence-corrected chi connectivity index (χ3v) is 8.49. The molecule has 0 aliphatic carbocycles. The van der Waals surface area contributed by atoms with Gasteiger partial charge in [0.25, 0.3) is 0 Å². The van der Waals surface area contributed by atoms with Crippen LogP contribution in [0.2, 0.25) is 0 Å². The summed E-state index contributed by atoms with van der Waals surface area (Å²) >= 11 is 0. The maximum atomic E-state index is 13.5. The van der Waals surface area contributed by atoms with E-state index in [9.17, 15) is 14.4 Å². The van der Waals surface area contributed by atoms with Crippen LogP contribution in [0.1, 0.15) is 82.2 Å². The zero-order valence-electron chi connectivity index (χ0n) is 26.5. The molecular weight excluding hydrogens is 532 g/mol. The topological polar surface area (TPSA) is 91.4 Å². The van der Waals surface area contributed by atoms with Gasteiger partial charge in [0.1, 0.15) is 17.8 Å². The third-order valence-electron chi connectivity index (χ3n) is 8.49. The number of benzene rings is 2. The molecule has 0 spiro atoms. The molecular formula is C33H48N4O5. The minimum atomic E-state index is -0.752. The molecule has 1 aliphatic rings. The summed E-state index contributed by atoms with van der Waals surface area (Å²) in [5, 5.41) is 3.10. The van der Waals surface area contributed by atoms with E-state index in [-0.39, 0.29) is 24.1 Å². The average molecular weight is 581 g/mol. The molecule has 1 aliphatic heterocycles. The Morgan fingerprint density at radius 2 is 1.57 bits per heavy atom. The second-order valence-electron chi connectivity index (χ2n) is 11.4. The first-order valence-corrected chi connectivity index (χ1v) is 15.0. The number of hydrogen-bond donors (Lipinski definition) is 1. The largest absolute Gasteiger partial charge is 0.469 e. The van der Waals surface area contributed by atoms with E-state index in [1.807, 2.05) is 76.3 Å². The molecule has 1 saturated heterocycles. The Bertz CT molecular complexity index is 1190. The maximum Gasteiger partial charge on any atom is 0.409 e. The summed E-state index contributed by atoms with van der Waals surface area (Å²) in [5.41, 5.74) is 2.49. The van der Waals surface area contributed by atoms with Gasteiger partial charge in [0, 0.05) is 26.7 Å². The Morgan fingerprint density at radius 3 is 2.12 bits per heavy atom. The summed E-state index contributed by atoms with van der Waals surface area (Å²) in [5.74, 6) is 0.398. The fourth-order valence-electron chi connectivity index (χ4n) is 5.34. The second kappa shape index (κ2) is 14.5. The molecule has 3 atom stereocenters. The zero-order valence-corrected chi connectivity index (χ0v) is 26.5. The Morgan fingerprint density at radius 1 is 0.976 bits per heavy atom. The number of ether oxygens (including phenoxy) is 2. The minimum absolute atomic E-state index is 0.0762. The molecule has 1 fully saturated rings. The number of urea groups is 1. The fourth-order valence-corrected chi connectivity index (χ4v) is 5.34. The van der Waals surface area contributed by atoms with E-state index in [4.69, 9.17) is 9.47 Å². The lowest BCUT2D eigenvalue weighted by molar-refractivity contribution is -0.191. The predicted octanol–water partition coefficient (Wildman–Crippen LogP) is 6.29. The van der Waals surface area contributed by atoms with Gasteiger partial charge in [0.05, 0.1) is 6.04 Å². The van der Waals surface area contributed by atoms with E-state index in [0.29, 0.717) is 31.7 Å². The molecule has 42 heavy (non-hydrogen) atoms. The number of carbonyl (C=O) groups is 3. The lowest BCUT2D eigenvalue weighted by Gasteiger charge is -2.53. The minimum Gasteiger partial charge on any atom is -0.469 e. The van der Waals surface area contributed by atoms with Crippen molar-refractivity contribution < 1.29 is 23.9 Å². The van der Waals surface area contributed by atoms with E-state index >= 15 is 0 Å². The van der Waals surface area contributed by atoms with Gasteiger partial charge in [-0.15, -0.1) is 0 Å². The number of imide groups is 1. The van der Waals surface area contributed by atoms with Crippen molar-refractivity contribution >= 4 is 18.0 Å². The van der Waals surface area contributed by atoms with E-state index in [1.54, 1.807) is 14.1 Å². The second-order valence-corrected chi connectivity index (χ2v) is 11.4. The molecule has 0 bridgehead atoms. The van der Waals surface area contributed by atoms with Crippen LogP contribution in [0, 0.1) is 12.3 Å². The molecule has 4 amide bonds. The van der Waals surface area contributed by atoms with Gasteiger partial charge in [-0.1, -0.05) is 69.2 Å². The number of nitrogens with zero attached hydrogens (tertiary/aromatic N) is 3. The zero-order chi connectivity index (χ0) is 31.0. The van der Waals surface area contributed by atoms with Crippen LogP contribution in [-0.4, -0.2) is 73.3 Å². The first kappa shape index (κ1) is 32.9. The van der Waals surface area contributed by atoms with Crippen molar-refractivity contribution in [2.24, 2.45) is 5.41 Å². The molecule has 2 aromatic rings. The Balaban J connectivity index is 1.71. The summed E-state index contributed by atoms with van der Waals surface area (Å²) in [4.78, 5) is 43.4. The monoisotopic (exact) mass is 580 g/mol. The SMILES string of the molecule is CCC[C@@H](NC(=O)N1C(=O)C(CC)(CC)C1Oc1ccc([C@H](C)N(C)CCOC(=O)N(C)C)cc1)c1ccc(C)cc1. The van der Waals surface area contributed by atoms with Crippen molar-refractivity contribution in [3.63, 3.8) is 0 Å². The number of rotatable bonds is 13. The van der Waals surface area contributed by atoms with Crippen LogP contribution in [0.15, 0.2) is 48.5 Å². The summed E-state index contributed by atoms with van der Waals surface area (Å²) < 4.78 is 11.6. The molecule has 1 unspecified atom stereocenters. The number of nitrogens with one attached hydrogen (secondary N) is 1. The lowest BCUT2D eigenvalue weighted by atomic mass is 9.72. The summed E-state index contributed by atoms with van der Waals surface area (Å²) in [6, 6.07) is 15.3. The molecule has 9 heteroatoms. The van der Waals surface area contributed by atoms with Gasteiger partial charge in [-0.05, 0) is 63.4 Å². The molecule has 0 radical (unpaired) electrons. The van der Waals surface area contributed by atoms with Gasteiger partial charge in [0.15, 0.2) is 6.23 Å². The van der Waals surface area contributed by atoms with E-state index in [0.717, 1.165) is 29.5 Å². The van der Waals surface area contributed by atoms with E-state index in [2.05, 4.69) is 24.1 Å². The van der Waals surface area contributed by atoms with Gasteiger partial charge in [-0.3, -0.25) is 9.69 Å². The number of likely N-dealkylation sites (N-methyl/N-ethyl adjacent to an activating group) is 1. The highest BCUT2D eigenvalue weighted by atomic mass is 16.6. The van der Waals surface area contributed by atoms with Crippen LogP contribution in [0.3, 0.4) is 0 Å². The van der Waals surface area contributed by atoms with Crippen LogP contribution in [0.4, 0.5) is 9.59 Å². The average Bonchev–Trinajstić information content (AvgIpc) is 2.97. The van der Waals surface area contributed by atoms with Crippen molar-refractivity contribution in [2.75, 3.05) is 34.3 Å². The summed E-state index contributed by atoms with van der Waals surface area (Å²) in [6.07, 6.45) is 1.75. The Hall–Kier alpha value is -3.59. The molecule has 230 valence electrons. The number of aryl methyl sites for hydroxylation is 1. The first-order chi connectivity index (χ1) is 20.0. The molecule has 2 aromatic carbocycles. The van der Waals surface area contributed by atoms with Gasteiger partial charge in [-0.2, -0.15) is 0 Å². The van der Waals surface area contributed by atoms with Crippen molar-refractivity contribution in [3.8, 4) is 5.75 Å². The van der Waals surface area contributed by atoms with Crippen molar-refractivity contribution in [2.45, 2.75) is 78.6 Å². The highest BCUT2D eigenvalue weighted by Crippen LogP contribution is 2.46. The standard InChI is InChI=1S/C33H48N4O5/c1-9-12-28(26-15-13-23(4)14-16-26)34-31(39)37-29(38)33(10-2,11-3)30(37)42-27-19-17-25(18-20-27)24(5)36(8)21-22-41-32(40)35(6)7/h13-20,24,28,30H,9-12,21-22H2,1-8H3,(H,34,39)/t24-,28+,30?/m0/s1. The Labute approximate surface area is 251 Å². The van der Waals surface area contributed by atoms with Crippen LogP contribution in [0.25, 0.3) is 0 Å². The highest BCUT2D eigenvalue weighted by molar-refractivity contribution is 6.03. The lowest BCUT2D eigenvalue weighted by Crippen LogP contribution is -2.73. The van der Waals surface area contributed by atoms with Crippen LogP contribution < -0.4 is 10.1 Å². The van der Waals surface area contributed by atoms with Gasteiger partial charge in [0.2, 0.25) is 5.91 Å². The fraction of sp³-hybridized carbons (Fsp3) is 0.545. The van der Waals surface area contributed by atoms with E-state index < -0.39 is 17.7 Å². The number of hydrogen-bond acceptors (Lipinski definition) is 6. The number of β-lactam (4-membered cyclic amide) rings is 1. The quantitative estimate of drug-likeness (QED) is 0.280. The summed E-state index contributed by atoms with van der Waals surface area (Å²) in [7, 11) is 5.29. The Kier molecular flexibility index (Phi) is 11.4. The van der Waals surface area contributed by atoms with Crippen LogP contribution in [0.5, 0.6) is 5.75 Å². The molecule has 0 saturated carbocycles. The molecule has 1 N–H and O–H groups in total. The molecule has 0 aromatic heterocycles. The number of carbonyl (C=O) groups excluding carboxylic acids is 3. The predicted molar refractivity (Wildman–Crippen MR) is 164 cm³/mol. The maximum absolute atomic E-state index is 13.5. The van der Waals surface area contributed by atoms with Crippen molar-refractivity contribution in [1.82, 2.24) is 20.0 Å². The number of likely N-dealkylation sites (tertiary alicyclic amines) is 1. The highest BCUT2D eigenvalue weighted by Gasteiger charge is 2.63. The number of amides is 4.